The number of hydrogen-bond donors (Lipinski definition) is 0. The highest BCUT2D eigenvalue weighted by atomic mass is 33.1. The molecule has 0 spiro atoms. The summed E-state index contributed by atoms with van der Waals surface area (Å²) in [5.74, 6) is 5.08. The second-order valence-corrected chi connectivity index (χ2v) is 7.05. The molecule has 54 valence electrons. The maximum Gasteiger partial charge on any atom is 0.00817 e. The summed E-state index contributed by atoms with van der Waals surface area (Å²) in [6, 6.07) is 0. The van der Waals surface area contributed by atoms with E-state index in [4.69, 9.17) is 0 Å². The highest BCUT2D eigenvalue weighted by molar-refractivity contribution is 8.77. The van der Waals surface area contributed by atoms with Crippen LogP contribution in [0, 0.1) is 5.92 Å². The van der Waals surface area contributed by atoms with E-state index in [1.165, 1.54) is 17.3 Å². The SMILES string of the molecule is CSSCC1CSSC1. The Kier molecular flexibility index (Phi) is 4.82. The molecule has 0 unspecified atom stereocenters. The first kappa shape index (κ1) is 8.50. The van der Waals surface area contributed by atoms with Gasteiger partial charge in [-0.05, 0) is 12.2 Å². The molecule has 1 aliphatic rings. The summed E-state index contributed by atoms with van der Waals surface area (Å²) < 4.78 is 0. The molecule has 0 nitrogen and oxygen atoms in total. The molecule has 1 saturated heterocycles. The van der Waals surface area contributed by atoms with E-state index in [0.29, 0.717) is 0 Å². The van der Waals surface area contributed by atoms with E-state index in [9.17, 15) is 0 Å². The van der Waals surface area contributed by atoms with Crippen LogP contribution in [0.4, 0.5) is 0 Å². The molecule has 1 aliphatic heterocycles. The predicted molar refractivity (Wildman–Crippen MR) is 54.4 cm³/mol. The van der Waals surface area contributed by atoms with Crippen LogP contribution in [0.1, 0.15) is 0 Å². The lowest BCUT2D eigenvalue weighted by Crippen LogP contribution is -2.02. The van der Waals surface area contributed by atoms with Crippen LogP contribution in [-0.4, -0.2) is 23.5 Å². The van der Waals surface area contributed by atoms with Crippen LogP contribution in [0.2, 0.25) is 0 Å². The smallest absolute Gasteiger partial charge is 0.00817 e. The molecule has 4 heteroatoms. The molecule has 0 amide bonds. The van der Waals surface area contributed by atoms with Gasteiger partial charge in [-0.15, -0.1) is 0 Å². The minimum absolute atomic E-state index is 0.984. The normalized spacial score (nSPS) is 21.0. The molecular formula is C5H10S4. The molecule has 9 heavy (non-hydrogen) atoms. The van der Waals surface area contributed by atoms with Gasteiger partial charge in [-0.25, -0.2) is 0 Å². The standard InChI is InChI=1S/C5H10S4/c1-6-7-2-5-3-8-9-4-5/h5H,2-4H2,1H3. The molecule has 0 bridgehead atoms. The van der Waals surface area contributed by atoms with Gasteiger partial charge in [0.25, 0.3) is 0 Å². The van der Waals surface area contributed by atoms with Gasteiger partial charge in [-0.1, -0.05) is 43.2 Å². The molecule has 0 aromatic rings. The lowest BCUT2D eigenvalue weighted by Gasteiger charge is -2.02. The number of hydrogen-bond acceptors (Lipinski definition) is 4. The largest absolute Gasteiger partial charge is 0.0976 e. The Labute approximate surface area is 72.5 Å². The zero-order valence-corrected chi connectivity index (χ0v) is 8.60. The van der Waals surface area contributed by atoms with E-state index in [1.807, 2.05) is 43.2 Å². The zero-order chi connectivity index (χ0) is 6.53. The molecule has 1 rings (SSSR count). The topological polar surface area (TPSA) is 0 Å². The molecule has 0 aromatic heterocycles. The molecule has 0 atom stereocenters. The summed E-state index contributed by atoms with van der Waals surface area (Å²) in [6.07, 6.45) is 2.15. The Balaban J connectivity index is 1.98. The summed E-state index contributed by atoms with van der Waals surface area (Å²) in [7, 11) is 7.94. The monoisotopic (exact) mass is 198 g/mol. The van der Waals surface area contributed by atoms with Crippen molar-refractivity contribution in [3.8, 4) is 0 Å². The maximum absolute atomic E-state index is 2.15. The fraction of sp³-hybridized carbons (Fsp3) is 1.00. The van der Waals surface area contributed by atoms with E-state index in [0.717, 1.165) is 5.92 Å². The first-order valence-electron chi connectivity index (χ1n) is 2.83. The van der Waals surface area contributed by atoms with Crippen LogP contribution >= 0.6 is 43.2 Å². The molecule has 0 aromatic carbocycles. The van der Waals surface area contributed by atoms with Crippen LogP contribution in [0.3, 0.4) is 0 Å². The van der Waals surface area contributed by atoms with E-state index in [2.05, 4.69) is 6.26 Å². The average Bonchev–Trinajstić information content (AvgIpc) is 2.34. The molecule has 1 heterocycles. The van der Waals surface area contributed by atoms with E-state index in [-0.39, 0.29) is 0 Å². The van der Waals surface area contributed by atoms with E-state index >= 15 is 0 Å². The van der Waals surface area contributed by atoms with Crippen LogP contribution in [-0.2, 0) is 0 Å². The summed E-state index contributed by atoms with van der Waals surface area (Å²) in [6.45, 7) is 0. The van der Waals surface area contributed by atoms with Crippen molar-refractivity contribution in [2.45, 2.75) is 0 Å². The number of rotatable bonds is 3. The van der Waals surface area contributed by atoms with Gasteiger partial charge >= 0.3 is 0 Å². The fourth-order valence-corrected chi connectivity index (χ4v) is 5.38. The fourth-order valence-electron chi connectivity index (χ4n) is 0.597. The quantitative estimate of drug-likeness (QED) is 0.639. The summed E-state index contributed by atoms with van der Waals surface area (Å²) >= 11 is 0. The van der Waals surface area contributed by atoms with Crippen LogP contribution < -0.4 is 0 Å². The summed E-state index contributed by atoms with van der Waals surface area (Å²) in [4.78, 5) is 0. The first-order chi connectivity index (χ1) is 4.43. The minimum atomic E-state index is 0.984. The van der Waals surface area contributed by atoms with Crippen LogP contribution in [0.15, 0.2) is 0 Å². The Morgan fingerprint density at radius 2 is 2.11 bits per heavy atom. The third kappa shape index (κ3) is 3.35. The molecule has 0 radical (unpaired) electrons. The third-order valence-corrected chi connectivity index (χ3v) is 5.77. The molecule has 0 saturated carbocycles. The Morgan fingerprint density at radius 1 is 1.44 bits per heavy atom. The highest BCUT2D eigenvalue weighted by Gasteiger charge is 2.15. The Bertz CT molecular complexity index is 69.4. The predicted octanol–water partition coefficient (Wildman–Crippen LogP) is 3.01. The van der Waals surface area contributed by atoms with Crippen molar-refractivity contribution in [2.75, 3.05) is 23.5 Å². The van der Waals surface area contributed by atoms with E-state index in [1.54, 1.807) is 0 Å². The Hall–Kier alpha value is 1.40. The summed E-state index contributed by atoms with van der Waals surface area (Å²) in [5, 5.41) is 0. The van der Waals surface area contributed by atoms with Gasteiger partial charge < -0.3 is 0 Å². The van der Waals surface area contributed by atoms with Gasteiger partial charge in [0.15, 0.2) is 0 Å². The van der Waals surface area contributed by atoms with Gasteiger partial charge in [0, 0.05) is 17.3 Å². The molecule has 0 N–H and O–H groups in total. The van der Waals surface area contributed by atoms with Gasteiger partial charge in [0.05, 0.1) is 0 Å². The third-order valence-electron chi connectivity index (χ3n) is 1.11. The van der Waals surface area contributed by atoms with Crippen LogP contribution in [0.5, 0.6) is 0 Å². The van der Waals surface area contributed by atoms with Crippen molar-refractivity contribution in [1.82, 2.24) is 0 Å². The van der Waals surface area contributed by atoms with Crippen molar-refractivity contribution < 1.29 is 0 Å². The molecule has 0 aliphatic carbocycles. The van der Waals surface area contributed by atoms with Gasteiger partial charge in [0.1, 0.15) is 0 Å². The average molecular weight is 198 g/mol. The van der Waals surface area contributed by atoms with Crippen molar-refractivity contribution in [2.24, 2.45) is 5.92 Å². The Morgan fingerprint density at radius 3 is 2.67 bits per heavy atom. The van der Waals surface area contributed by atoms with E-state index < -0.39 is 0 Å². The molecule has 1 fully saturated rings. The second-order valence-electron chi connectivity index (χ2n) is 1.89. The lowest BCUT2D eigenvalue weighted by molar-refractivity contribution is 0.792. The zero-order valence-electron chi connectivity index (χ0n) is 5.33. The van der Waals surface area contributed by atoms with Crippen LogP contribution in [0.25, 0.3) is 0 Å². The van der Waals surface area contributed by atoms with Crippen molar-refractivity contribution in [1.29, 1.82) is 0 Å². The van der Waals surface area contributed by atoms with Gasteiger partial charge in [-0.2, -0.15) is 0 Å². The first-order valence-corrected chi connectivity index (χ1v) is 8.05. The van der Waals surface area contributed by atoms with Gasteiger partial charge in [0.2, 0.25) is 0 Å². The molecular weight excluding hydrogens is 188 g/mol. The van der Waals surface area contributed by atoms with Crippen molar-refractivity contribution in [3.05, 3.63) is 0 Å². The van der Waals surface area contributed by atoms with Crippen molar-refractivity contribution >= 4 is 43.2 Å². The highest BCUT2D eigenvalue weighted by Crippen LogP contribution is 2.37. The van der Waals surface area contributed by atoms with Crippen molar-refractivity contribution in [3.63, 3.8) is 0 Å². The summed E-state index contributed by atoms with van der Waals surface area (Å²) in [5.41, 5.74) is 0. The lowest BCUT2D eigenvalue weighted by atomic mass is 10.3. The second kappa shape index (κ2) is 5.10. The van der Waals surface area contributed by atoms with Gasteiger partial charge in [-0.3, -0.25) is 0 Å². The minimum Gasteiger partial charge on any atom is -0.0976 e. The maximum atomic E-state index is 2.15.